The number of aliphatic hydroxyl groups is 1. The molecule has 1 aliphatic heterocycles. The van der Waals surface area contributed by atoms with Crippen LogP contribution in [0.4, 0.5) is 5.69 Å². The van der Waals surface area contributed by atoms with Crippen molar-refractivity contribution in [1.82, 2.24) is 0 Å². The molecule has 0 radical (unpaired) electrons. The average molecular weight is 251 g/mol. The number of benzene rings is 1. The first-order valence-electron chi connectivity index (χ1n) is 6.45. The van der Waals surface area contributed by atoms with Crippen LogP contribution in [0.15, 0.2) is 18.2 Å². The number of anilines is 1. The van der Waals surface area contributed by atoms with Gasteiger partial charge in [0, 0.05) is 37.0 Å². The number of hydrogen-bond donors (Lipinski definition) is 2. The van der Waals surface area contributed by atoms with Gasteiger partial charge in [0.1, 0.15) is 5.75 Å². The molecule has 1 aromatic rings. The van der Waals surface area contributed by atoms with Gasteiger partial charge >= 0.3 is 0 Å². The first kappa shape index (κ1) is 13.2. The van der Waals surface area contributed by atoms with E-state index in [1.165, 1.54) is 0 Å². The smallest absolute Gasteiger partial charge is 0.123 e. The minimum Gasteiger partial charge on any atom is -0.507 e. The molecule has 1 fully saturated rings. The normalized spacial score (nSPS) is 22.6. The van der Waals surface area contributed by atoms with Gasteiger partial charge in [-0.2, -0.15) is 0 Å². The molecule has 0 bridgehead atoms. The molecular weight excluding hydrogens is 230 g/mol. The van der Waals surface area contributed by atoms with E-state index in [9.17, 15) is 10.2 Å². The van der Waals surface area contributed by atoms with E-state index in [1.807, 2.05) is 6.07 Å². The third kappa shape index (κ3) is 2.94. The molecule has 4 heteroatoms. The predicted octanol–water partition coefficient (Wildman–Crippen LogP) is 2.06. The van der Waals surface area contributed by atoms with Crippen LogP contribution in [0.3, 0.4) is 0 Å². The van der Waals surface area contributed by atoms with Gasteiger partial charge < -0.3 is 19.8 Å². The molecule has 1 aliphatic rings. The van der Waals surface area contributed by atoms with Crippen LogP contribution in [-0.2, 0) is 4.74 Å². The molecular formula is C14H21NO3. The molecule has 2 unspecified atom stereocenters. The zero-order valence-electron chi connectivity index (χ0n) is 11.0. The lowest BCUT2D eigenvalue weighted by molar-refractivity contribution is 0.0821. The lowest BCUT2D eigenvalue weighted by Gasteiger charge is -2.25. The molecule has 1 aromatic carbocycles. The number of phenolic OH excluding ortho intramolecular Hbond substituents is 1. The number of ether oxygens (including phenoxy) is 1. The lowest BCUT2D eigenvalue weighted by atomic mass is 10.1. The van der Waals surface area contributed by atoms with E-state index in [1.54, 1.807) is 19.1 Å². The minimum atomic E-state index is -0.648. The molecule has 0 saturated carbocycles. The summed E-state index contributed by atoms with van der Waals surface area (Å²) in [5, 5.41) is 19.4. The summed E-state index contributed by atoms with van der Waals surface area (Å²) < 4.78 is 5.60. The van der Waals surface area contributed by atoms with Crippen LogP contribution in [-0.4, -0.2) is 36.0 Å². The highest BCUT2D eigenvalue weighted by molar-refractivity contribution is 5.54. The molecule has 4 nitrogen and oxygen atoms in total. The maximum absolute atomic E-state index is 9.91. The summed E-state index contributed by atoms with van der Waals surface area (Å²) in [5.41, 5.74) is 1.55. The fourth-order valence-corrected chi connectivity index (χ4v) is 2.31. The van der Waals surface area contributed by atoms with E-state index in [0.717, 1.165) is 31.8 Å². The summed E-state index contributed by atoms with van der Waals surface area (Å²) in [7, 11) is 0. The highest BCUT2D eigenvalue weighted by Crippen LogP contribution is 2.29. The van der Waals surface area contributed by atoms with Crippen molar-refractivity contribution < 1.29 is 14.9 Å². The number of phenols is 1. The highest BCUT2D eigenvalue weighted by atomic mass is 16.5. The van der Waals surface area contributed by atoms with Gasteiger partial charge in [0.25, 0.3) is 0 Å². The first-order chi connectivity index (χ1) is 8.58. The van der Waals surface area contributed by atoms with E-state index in [4.69, 9.17) is 4.74 Å². The average Bonchev–Trinajstić information content (AvgIpc) is 2.53. The molecule has 100 valence electrons. The third-order valence-electron chi connectivity index (χ3n) is 3.28. The second kappa shape index (κ2) is 5.59. The van der Waals surface area contributed by atoms with Crippen LogP contribution in [0, 0.1) is 0 Å². The van der Waals surface area contributed by atoms with Crippen LogP contribution >= 0.6 is 0 Å². The molecule has 0 aromatic heterocycles. The molecule has 2 rings (SSSR count). The van der Waals surface area contributed by atoms with E-state index < -0.39 is 6.10 Å². The van der Waals surface area contributed by atoms with Gasteiger partial charge in [-0.25, -0.2) is 0 Å². The fraction of sp³-hybridized carbons (Fsp3) is 0.571. The Labute approximate surface area is 108 Å². The van der Waals surface area contributed by atoms with Gasteiger partial charge in [-0.3, -0.25) is 0 Å². The number of aliphatic hydroxyl groups excluding tert-OH is 1. The minimum absolute atomic E-state index is 0.153. The molecule has 1 saturated heterocycles. The molecule has 2 N–H and O–H groups in total. The van der Waals surface area contributed by atoms with Crippen molar-refractivity contribution in [2.24, 2.45) is 0 Å². The number of nitrogens with zero attached hydrogens (tertiary/aromatic N) is 1. The Hall–Kier alpha value is -1.26. The molecule has 0 aliphatic carbocycles. The number of rotatable bonds is 2. The standard InChI is InChI=1S/C14H21NO3/c1-10-9-15(6-3-7-18-10)12-4-5-13(11(2)16)14(17)8-12/h4-5,8,10-11,16-17H,3,6-7,9H2,1-2H3. The predicted molar refractivity (Wildman–Crippen MR) is 71.0 cm³/mol. The van der Waals surface area contributed by atoms with Crippen molar-refractivity contribution in [2.45, 2.75) is 32.5 Å². The lowest BCUT2D eigenvalue weighted by Crippen LogP contribution is -2.30. The van der Waals surface area contributed by atoms with E-state index in [-0.39, 0.29) is 11.9 Å². The van der Waals surface area contributed by atoms with E-state index in [2.05, 4.69) is 11.8 Å². The van der Waals surface area contributed by atoms with Crippen LogP contribution < -0.4 is 4.90 Å². The maximum atomic E-state index is 9.91. The summed E-state index contributed by atoms with van der Waals surface area (Å²) in [6.07, 6.45) is 0.542. The summed E-state index contributed by atoms with van der Waals surface area (Å²) in [6, 6.07) is 5.45. The SMILES string of the molecule is CC1CN(c2ccc(C(C)O)c(O)c2)CCCO1. The Morgan fingerprint density at radius 2 is 2.22 bits per heavy atom. The quantitative estimate of drug-likeness (QED) is 0.844. The molecule has 18 heavy (non-hydrogen) atoms. The van der Waals surface area contributed by atoms with E-state index >= 15 is 0 Å². The molecule has 0 amide bonds. The van der Waals surface area contributed by atoms with Gasteiger partial charge in [-0.15, -0.1) is 0 Å². The zero-order chi connectivity index (χ0) is 13.1. The topological polar surface area (TPSA) is 52.9 Å². The van der Waals surface area contributed by atoms with Gasteiger partial charge in [0.05, 0.1) is 12.2 Å². The Morgan fingerprint density at radius 1 is 1.44 bits per heavy atom. The number of hydrogen-bond acceptors (Lipinski definition) is 4. The maximum Gasteiger partial charge on any atom is 0.123 e. The number of aromatic hydroxyl groups is 1. The summed E-state index contributed by atoms with van der Waals surface area (Å²) in [5.74, 6) is 0.153. The summed E-state index contributed by atoms with van der Waals surface area (Å²) in [4.78, 5) is 2.21. The van der Waals surface area contributed by atoms with Gasteiger partial charge in [-0.05, 0) is 26.3 Å². The third-order valence-corrected chi connectivity index (χ3v) is 3.28. The summed E-state index contributed by atoms with van der Waals surface area (Å²) in [6.45, 7) is 6.25. The second-order valence-electron chi connectivity index (χ2n) is 4.90. The molecule has 1 heterocycles. The van der Waals surface area contributed by atoms with Crippen LogP contribution in [0.1, 0.15) is 31.9 Å². The van der Waals surface area contributed by atoms with Crippen molar-refractivity contribution in [3.63, 3.8) is 0 Å². The van der Waals surface area contributed by atoms with Gasteiger partial charge in [0.15, 0.2) is 0 Å². The van der Waals surface area contributed by atoms with Crippen LogP contribution in [0.25, 0.3) is 0 Å². The van der Waals surface area contributed by atoms with Crippen molar-refractivity contribution in [2.75, 3.05) is 24.6 Å². The zero-order valence-corrected chi connectivity index (χ0v) is 11.0. The second-order valence-corrected chi connectivity index (χ2v) is 4.90. The van der Waals surface area contributed by atoms with Crippen molar-refractivity contribution in [3.05, 3.63) is 23.8 Å². The van der Waals surface area contributed by atoms with Crippen molar-refractivity contribution in [1.29, 1.82) is 0 Å². The Morgan fingerprint density at radius 3 is 2.89 bits per heavy atom. The van der Waals surface area contributed by atoms with Crippen molar-refractivity contribution >= 4 is 5.69 Å². The Kier molecular flexibility index (Phi) is 4.09. The highest BCUT2D eigenvalue weighted by Gasteiger charge is 2.17. The Bertz CT molecular complexity index is 406. The van der Waals surface area contributed by atoms with Gasteiger partial charge in [-0.1, -0.05) is 6.07 Å². The van der Waals surface area contributed by atoms with Crippen LogP contribution in [0.2, 0.25) is 0 Å². The van der Waals surface area contributed by atoms with Crippen molar-refractivity contribution in [3.8, 4) is 5.75 Å². The van der Waals surface area contributed by atoms with Crippen LogP contribution in [0.5, 0.6) is 5.75 Å². The van der Waals surface area contributed by atoms with Gasteiger partial charge in [0.2, 0.25) is 0 Å². The summed E-state index contributed by atoms with van der Waals surface area (Å²) >= 11 is 0. The fourth-order valence-electron chi connectivity index (χ4n) is 2.31. The molecule has 2 atom stereocenters. The first-order valence-corrected chi connectivity index (χ1v) is 6.45. The Balaban J connectivity index is 2.19. The monoisotopic (exact) mass is 251 g/mol. The largest absolute Gasteiger partial charge is 0.507 e. The van der Waals surface area contributed by atoms with E-state index in [0.29, 0.717) is 5.56 Å². The molecule has 0 spiro atoms.